The van der Waals surface area contributed by atoms with E-state index in [-0.39, 0.29) is 23.3 Å². The fourth-order valence-electron chi connectivity index (χ4n) is 3.20. The predicted molar refractivity (Wildman–Crippen MR) is 94.8 cm³/mol. The van der Waals surface area contributed by atoms with Crippen LogP contribution in [-0.2, 0) is 16.0 Å². The van der Waals surface area contributed by atoms with Crippen molar-refractivity contribution in [1.29, 1.82) is 0 Å². The normalized spacial score (nSPS) is 17.1. The minimum atomic E-state index is -0.944. The second-order valence-corrected chi connectivity index (χ2v) is 6.41. The molecule has 1 aliphatic rings. The third kappa shape index (κ3) is 3.09. The van der Waals surface area contributed by atoms with Gasteiger partial charge in [-0.2, -0.15) is 0 Å². The van der Waals surface area contributed by atoms with Crippen LogP contribution in [0.5, 0.6) is 5.75 Å². The lowest BCUT2D eigenvalue weighted by molar-refractivity contribution is -0.126. The van der Waals surface area contributed by atoms with Gasteiger partial charge in [-0.15, -0.1) is 0 Å². The zero-order valence-electron chi connectivity index (χ0n) is 14.5. The predicted octanol–water partition coefficient (Wildman–Crippen LogP) is 3.22. The fourth-order valence-corrected chi connectivity index (χ4v) is 3.20. The molecule has 0 aromatic heterocycles. The Morgan fingerprint density at radius 3 is 2.68 bits per heavy atom. The third-order valence-electron chi connectivity index (χ3n) is 4.53. The summed E-state index contributed by atoms with van der Waals surface area (Å²) in [6.45, 7) is 5.23. The van der Waals surface area contributed by atoms with Gasteiger partial charge in [0.25, 0.3) is 5.91 Å². The van der Waals surface area contributed by atoms with E-state index in [0.717, 1.165) is 17.7 Å². The van der Waals surface area contributed by atoms with Crippen molar-refractivity contribution in [2.24, 2.45) is 0 Å². The van der Waals surface area contributed by atoms with Crippen molar-refractivity contribution in [3.8, 4) is 5.75 Å². The summed E-state index contributed by atoms with van der Waals surface area (Å²) in [5, 5.41) is 10.0. The lowest BCUT2D eigenvalue weighted by Gasteiger charge is -2.26. The van der Waals surface area contributed by atoms with E-state index >= 15 is 0 Å². The summed E-state index contributed by atoms with van der Waals surface area (Å²) >= 11 is 0. The van der Waals surface area contributed by atoms with E-state index in [1.807, 2.05) is 31.2 Å². The van der Waals surface area contributed by atoms with Gasteiger partial charge in [-0.25, -0.2) is 4.79 Å². The number of para-hydroxylation sites is 2. The van der Waals surface area contributed by atoms with Crippen LogP contribution in [-0.4, -0.2) is 29.1 Å². The average molecular weight is 339 g/mol. The van der Waals surface area contributed by atoms with Crippen molar-refractivity contribution in [3.63, 3.8) is 0 Å². The van der Waals surface area contributed by atoms with E-state index in [9.17, 15) is 14.7 Å². The highest BCUT2D eigenvalue weighted by atomic mass is 16.5. The van der Waals surface area contributed by atoms with Crippen LogP contribution in [0.4, 0.5) is 5.69 Å². The SMILES string of the molecule is Cc1cccc(C(=O)O[C@@H](C)C(=O)N2c3ccccc3C[C@@H]2C)c1O. The zero-order chi connectivity index (χ0) is 18.1. The molecule has 25 heavy (non-hydrogen) atoms. The molecule has 5 nitrogen and oxygen atoms in total. The summed E-state index contributed by atoms with van der Waals surface area (Å²) in [7, 11) is 0. The van der Waals surface area contributed by atoms with Crippen molar-refractivity contribution in [2.75, 3.05) is 4.90 Å². The van der Waals surface area contributed by atoms with Gasteiger partial charge in [-0.3, -0.25) is 4.79 Å². The van der Waals surface area contributed by atoms with Crippen LogP contribution < -0.4 is 4.90 Å². The standard InChI is InChI=1S/C20H21NO4/c1-12-7-6-9-16(18(12)22)20(24)25-14(3)19(23)21-13(2)11-15-8-4-5-10-17(15)21/h4-10,13-14,22H,11H2,1-3H3/t13-,14-/m0/s1. The number of hydrogen-bond donors (Lipinski definition) is 1. The van der Waals surface area contributed by atoms with E-state index in [4.69, 9.17) is 4.74 Å². The Morgan fingerprint density at radius 1 is 1.20 bits per heavy atom. The Hall–Kier alpha value is -2.82. The highest BCUT2D eigenvalue weighted by Crippen LogP contribution is 2.32. The third-order valence-corrected chi connectivity index (χ3v) is 4.53. The van der Waals surface area contributed by atoms with Crippen molar-refractivity contribution in [1.82, 2.24) is 0 Å². The minimum Gasteiger partial charge on any atom is -0.507 e. The van der Waals surface area contributed by atoms with E-state index in [1.54, 1.807) is 30.9 Å². The topological polar surface area (TPSA) is 66.8 Å². The van der Waals surface area contributed by atoms with Gasteiger partial charge >= 0.3 is 5.97 Å². The highest BCUT2D eigenvalue weighted by Gasteiger charge is 2.34. The van der Waals surface area contributed by atoms with Gasteiger partial charge in [-0.1, -0.05) is 30.3 Å². The number of anilines is 1. The number of nitrogens with zero attached hydrogens (tertiary/aromatic N) is 1. The van der Waals surface area contributed by atoms with Crippen molar-refractivity contribution < 1.29 is 19.4 Å². The molecule has 2 aromatic rings. The Balaban J connectivity index is 1.77. The molecule has 0 spiro atoms. The molecule has 1 heterocycles. The van der Waals surface area contributed by atoms with Gasteiger partial charge in [-0.05, 0) is 50.5 Å². The average Bonchev–Trinajstić information content (AvgIpc) is 2.92. The number of phenols is 1. The lowest BCUT2D eigenvalue weighted by Crippen LogP contribution is -2.43. The van der Waals surface area contributed by atoms with Crippen LogP contribution >= 0.6 is 0 Å². The molecular weight excluding hydrogens is 318 g/mol. The lowest BCUT2D eigenvalue weighted by atomic mass is 10.1. The summed E-state index contributed by atoms with van der Waals surface area (Å²) < 4.78 is 5.32. The van der Waals surface area contributed by atoms with Gasteiger partial charge in [0, 0.05) is 11.7 Å². The number of aryl methyl sites for hydroxylation is 1. The maximum atomic E-state index is 12.8. The molecule has 3 rings (SSSR count). The summed E-state index contributed by atoms with van der Waals surface area (Å²) in [5.74, 6) is -1.09. The number of rotatable bonds is 3. The van der Waals surface area contributed by atoms with Crippen molar-refractivity contribution in [3.05, 3.63) is 59.2 Å². The maximum absolute atomic E-state index is 12.8. The van der Waals surface area contributed by atoms with E-state index in [1.165, 1.54) is 6.07 Å². The molecule has 5 heteroatoms. The first-order chi connectivity index (χ1) is 11.9. The summed E-state index contributed by atoms with van der Waals surface area (Å²) in [5.41, 5.74) is 2.62. The molecule has 0 saturated heterocycles. The maximum Gasteiger partial charge on any atom is 0.342 e. The van der Waals surface area contributed by atoms with Gasteiger partial charge < -0.3 is 14.7 Å². The molecule has 0 fully saturated rings. The molecule has 1 aliphatic heterocycles. The first kappa shape index (κ1) is 17.0. The number of ether oxygens (including phenoxy) is 1. The van der Waals surface area contributed by atoms with Gasteiger partial charge in [0.2, 0.25) is 0 Å². The monoisotopic (exact) mass is 339 g/mol. The smallest absolute Gasteiger partial charge is 0.342 e. The van der Waals surface area contributed by atoms with Crippen LogP contribution in [0.2, 0.25) is 0 Å². The van der Waals surface area contributed by atoms with E-state index < -0.39 is 12.1 Å². The number of fused-ring (bicyclic) bond motifs is 1. The van der Waals surface area contributed by atoms with Gasteiger partial charge in [0.15, 0.2) is 6.10 Å². The number of esters is 1. The largest absolute Gasteiger partial charge is 0.507 e. The Morgan fingerprint density at radius 2 is 1.92 bits per heavy atom. The number of aromatic hydroxyl groups is 1. The van der Waals surface area contributed by atoms with Crippen molar-refractivity contribution >= 4 is 17.6 Å². The Kier molecular flexibility index (Phi) is 4.49. The summed E-state index contributed by atoms with van der Waals surface area (Å²) in [4.78, 5) is 26.8. The summed E-state index contributed by atoms with van der Waals surface area (Å²) in [6.07, 6.45) is -0.164. The molecule has 2 aromatic carbocycles. The minimum absolute atomic E-state index is 0.0124. The second kappa shape index (κ2) is 6.59. The highest BCUT2D eigenvalue weighted by molar-refractivity contribution is 6.01. The quantitative estimate of drug-likeness (QED) is 0.872. The second-order valence-electron chi connectivity index (χ2n) is 6.41. The molecule has 2 atom stereocenters. The first-order valence-corrected chi connectivity index (χ1v) is 8.30. The van der Waals surface area contributed by atoms with E-state index in [2.05, 4.69) is 0 Å². The number of benzene rings is 2. The van der Waals surface area contributed by atoms with Crippen LogP contribution in [0, 0.1) is 6.92 Å². The van der Waals surface area contributed by atoms with Crippen LogP contribution in [0.3, 0.4) is 0 Å². The van der Waals surface area contributed by atoms with Gasteiger partial charge in [0.1, 0.15) is 11.3 Å². The van der Waals surface area contributed by atoms with Crippen LogP contribution in [0.15, 0.2) is 42.5 Å². The molecule has 1 N–H and O–H groups in total. The number of amides is 1. The Labute approximate surface area is 146 Å². The number of phenolic OH excluding ortho intramolecular Hbond substituents is 1. The molecule has 1 amide bonds. The zero-order valence-corrected chi connectivity index (χ0v) is 14.5. The van der Waals surface area contributed by atoms with Gasteiger partial charge in [0.05, 0.1) is 0 Å². The van der Waals surface area contributed by atoms with Crippen molar-refractivity contribution in [2.45, 2.75) is 39.3 Å². The Bertz CT molecular complexity index is 830. The molecule has 0 saturated carbocycles. The molecular formula is C20H21NO4. The van der Waals surface area contributed by atoms with Crippen LogP contribution in [0.25, 0.3) is 0 Å². The fraction of sp³-hybridized carbons (Fsp3) is 0.300. The number of carbonyl (C=O) groups is 2. The number of hydrogen-bond acceptors (Lipinski definition) is 4. The van der Waals surface area contributed by atoms with Crippen LogP contribution in [0.1, 0.15) is 35.3 Å². The summed E-state index contributed by atoms with van der Waals surface area (Å²) in [6, 6.07) is 12.6. The molecule has 130 valence electrons. The molecule has 0 unspecified atom stereocenters. The molecule has 0 radical (unpaired) electrons. The number of carbonyl (C=O) groups excluding carboxylic acids is 2. The molecule has 0 bridgehead atoms. The van der Waals surface area contributed by atoms with E-state index in [0.29, 0.717) is 5.56 Å². The molecule has 0 aliphatic carbocycles. The first-order valence-electron chi connectivity index (χ1n) is 8.30.